The number of benzene rings is 2. The minimum atomic E-state index is -0.323. The molecule has 0 spiro atoms. The summed E-state index contributed by atoms with van der Waals surface area (Å²) < 4.78 is 25.2. The van der Waals surface area contributed by atoms with Crippen LogP contribution in [0, 0.1) is 5.82 Å². The van der Waals surface area contributed by atoms with Crippen LogP contribution in [0.25, 0.3) is 0 Å². The van der Waals surface area contributed by atoms with Crippen molar-refractivity contribution in [2.75, 3.05) is 35.6 Å². The first-order valence-corrected chi connectivity index (χ1v) is 10.6. The van der Waals surface area contributed by atoms with E-state index in [1.165, 1.54) is 16.8 Å². The van der Waals surface area contributed by atoms with Gasteiger partial charge in [-0.1, -0.05) is 23.9 Å². The molecular weight excluding hydrogens is 437 g/mol. The van der Waals surface area contributed by atoms with Crippen molar-refractivity contribution in [2.24, 2.45) is 5.10 Å². The molecule has 12 heteroatoms. The molecule has 1 aliphatic rings. The number of amides is 1. The zero-order valence-electron chi connectivity index (χ0n) is 17.0. The quantitative estimate of drug-likeness (QED) is 0.214. The van der Waals surface area contributed by atoms with Gasteiger partial charge in [-0.2, -0.15) is 5.10 Å². The molecule has 0 bridgehead atoms. The van der Waals surface area contributed by atoms with E-state index in [9.17, 15) is 9.18 Å². The van der Waals surface area contributed by atoms with Crippen molar-refractivity contribution in [1.82, 2.24) is 14.9 Å². The standard InChI is InChI=1S/C20H20FN7O3S/c1-12(13-2-4-14(21)5-3-13)24-25-19-26-27-20(28(19)22)32-11-18(29)23-15-6-7-16-17(10-15)31-9-8-30-16/h2-7,10H,8-9,11,22H2,1H3,(H,23,29)(H,25,26)/b24-12+. The summed E-state index contributed by atoms with van der Waals surface area (Å²) in [7, 11) is 0. The normalized spacial score (nSPS) is 13.0. The van der Waals surface area contributed by atoms with Crippen LogP contribution in [-0.2, 0) is 4.79 Å². The molecule has 0 unspecified atom stereocenters. The largest absolute Gasteiger partial charge is 0.486 e. The van der Waals surface area contributed by atoms with Gasteiger partial charge in [-0.25, -0.2) is 14.5 Å². The van der Waals surface area contributed by atoms with Crippen molar-refractivity contribution >= 4 is 35.0 Å². The van der Waals surface area contributed by atoms with E-state index < -0.39 is 0 Å². The van der Waals surface area contributed by atoms with Crippen molar-refractivity contribution in [3.05, 3.63) is 53.8 Å². The first-order chi connectivity index (χ1) is 15.5. The number of nitrogens with one attached hydrogen (secondary N) is 2. The highest BCUT2D eigenvalue weighted by molar-refractivity contribution is 7.99. The Labute approximate surface area is 187 Å². The zero-order valence-corrected chi connectivity index (χ0v) is 17.9. The highest BCUT2D eigenvalue weighted by atomic mass is 32.2. The van der Waals surface area contributed by atoms with Gasteiger partial charge in [0.1, 0.15) is 19.0 Å². The van der Waals surface area contributed by atoms with Crippen molar-refractivity contribution in [1.29, 1.82) is 0 Å². The van der Waals surface area contributed by atoms with E-state index >= 15 is 0 Å². The molecular formula is C20H20FN7O3S. The molecule has 1 aliphatic heterocycles. The van der Waals surface area contributed by atoms with Crippen molar-refractivity contribution in [3.8, 4) is 11.5 Å². The number of nitrogens with zero attached hydrogens (tertiary/aromatic N) is 4. The third-order valence-corrected chi connectivity index (χ3v) is 5.35. The molecule has 2 heterocycles. The van der Waals surface area contributed by atoms with Crippen LogP contribution in [-0.4, -0.2) is 45.5 Å². The predicted molar refractivity (Wildman–Crippen MR) is 119 cm³/mol. The van der Waals surface area contributed by atoms with Gasteiger partial charge in [0.25, 0.3) is 5.95 Å². The van der Waals surface area contributed by atoms with Gasteiger partial charge in [0.15, 0.2) is 11.5 Å². The number of hydrogen-bond donors (Lipinski definition) is 3. The molecule has 1 aromatic heterocycles. The number of hydrogen-bond acceptors (Lipinski definition) is 9. The molecule has 0 fully saturated rings. The number of anilines is 2. The first kappa shape index (κ1) is 21.4. The molecule has 10 nitrogen and oxygen atoms in total. The number of rotatable bonds is 7. The van der Waals surface area contributed by atoms with Gasteiger partial charge in [0, 0.05) is 11.8 Å². The molecule has 0 saturated heterocycles. The number of fused-ring (bicyclic) bond motifs is 1. The van der Waals surface area contributed by atoms with E-state index in [2.05, 4.69) is 26.0 Å². The molecule has 166 valence electrons. The van der Waals surface area contributed by atoms with E-state index in [-0.39, 0.29) is 23.4 Å². The summed E-state index contributed by atoms with van der Waals surface area (Å²) in [6.07, 6.45) is 0. The number of nitrogen functional groups attached to an aromatic ring is 1. The minimum absolute atomic E-state index is 0.0711. The Morgan fingerprint density at radius 3 is 2.72 bits per heavy atom. The fraction of sp³-hybridized carbons (Fsp3) is 0.200. The summed E-state index contributed by atoms with van der Waals surface area (Å²) >= 11 is 1.12. The lowest BCUT2D eigenvalue weighted by atomic mass is 10.1. The second-order valence-corrected chi connectivity index (χ2v) is 7.63. The number of carbonyl (C=O) groups excluding carboxylic acids is 1. The van der Waals surface area contributed by atoms with E-state index in [4.69, 9.17) is 15.3 Å². The number of hydrazone groups is 1. The topological polar surface area (TPSA) is 129 Å². The lowest BCUT2D eigenvalue weighted by molar-refractivity contribution is -0.113. The van der Waals surface area contributed by atoms with Gasteiger partial charge in [0.05, 0.1) is 11.5 Å². The molecule has 0 atom stereocenters. The van der Waals surface area contributed by atoms with Crippen LogP contribution in [0.1, 0.15) is 12.5 Å². The lowest BCUT2D eigenvalue weighted by Gasteiger charge is -2.18. The number of ether oxygens (including phenoxy) is 2. The van der Waals surface area contributed by atoms with E-state index in [0.29, 0.717) is 41.3 Å². The van der Waals surface area contributed by atoms with Crippen LogP contribution in [0.5, 0.6) is 11.5 Å². The molecule has 4 N–H and O–H groups in total. The van der Waals surface area contributed by atoms with Crippen LogP contribution in [0.3, 0.4) is 0 Å². The monoisotopic (exact) mass is 457 g/mol. The summed E-state index contributed by atoms with van der Waals surface area (Å²) in [5.74, 6) is 6.94. The maximum atomic E-state index is 13.0. The van der Waals surface area contributed by atoms with Gasteiger partial charge in [-0.15, -0.1) is 10.2 Å². The molecule has 3 aromatic rings. The summed E-state index contributed by atoms with van der Waals surface area (Å²) in [6, 6.07) is 11.1. The Morgan fingerprint density at radius 1 is 1.19 bits per heavy atom. The molecule has 1 amide bonds. The van der Waals surface area contributed by atoms with Gasteiger partial charge < -0.3 is 20.6 Å². The second-order valence-electron chi connectivity index (χ2n) is 6.69. The number of halogens is 1. The maximum absolute atomic E-state index is 13.0. The Hall–Kier alpha value is -3.80. The summed E-state index contributed by atoms with van der Waals surface area (Å²) in [6.45, 7) is 2.73. The lowest BCUT2D eigenvalue weighted by Crippen LogP contribution is -2.18. The number of nitrogens with two attached hydrogens (primary N) is 1. The molecule has 4 rings (SSSR count). The minimum Gasteiger partial charge on any atom is -0.486 e. The van der Waals surface area contributed by atoms with Gasteiger partial charge in [-0.3, -0.25) is 4.79 Å². The van der Waals surface area contributed by atoms with Crippen molar-refractivity contribution in [2.45, 2.75) is 12.1 Å². The Morgan fingerprint density at radius 2 is 1.94 bits per heavy atom. The second kappa shape index (κ2) is 9.56. The highest BCUT2D eigenvalue weighted by Crippen LogP contribution is 2.32. The average molecular weight is 457 g/mol. The fourth-order valence-electron chi connectivity index (χ4n) is 2.79. The summed E-state index contributed by atoms with van der Waals surface area (Å²) in [5, 5.41) is 15.2. The first-order valence-electron chi connectivity index (χ1n) is 9.58. The van der Waals surface area contributed by atoms with Crippen LogP contribution in [0.4, 0.5) is 16.0 Å². The van der Waals surface area contributed by atoms with E-state index in [1.54, 1.807) is 37.3 Å². The van der Waals surface area contributed by atoms with Gasteiger partial charge in [0.2, 0.25) is 11.1 Å². The smallest absolute Gasteiger partial charge is 0.264 e. The van der Waals surface area contributed by atoms with Gasteiger partial charge >= 0.3 is 0 Å². The predicted octanol–water partition coefficient (Wildman–Crippen LogP) is 2.47. The Kier molecular flexibility index (Phi) is 6.40. The number of aromatic nitrogens is 3. The summed E-state index contributed by atoms with van der Waals surface area (Å²) in [5.41, 5.74) is 4.68. The third kappa shape index (κ3) is 5.09. The molecule has 32 heavy (non-hydrogen) atoms. The summed E-state index contributed by atoms with van der Waals surface area (Å²) in [4.78, 5) is 12.3. The molecule has 0 aliphatic carbocycles. The molecule has 0 saturated carbocycles. The zero-order chi connectivity index (χ0) is 22.5. The van der Waals surface area contributed by atoms with Crippen molar-refractivity contribution < 1.29 is 18.7 Å². The van der Waals surface area contributed by atoms with Crippen LogP contribution < -0.4 is 26.1 Å². The third-order valence-electron chi connectivity index (χ3n) is 4.41. The van der Waals surface area contributed by atoms with Gasteiger partial charge in [-0.05, 0) is 36.8 Å². The van der Waals surface area contributed by atoms with Crippen LogP contribution in [0.2, 0.25) is 0 Å². The van der Waals surface area contributed by atoms with Crippen molar-refractivity contribution in [3.63, 3.8) is 0 Å². The maximum Gasteiger partial charge on any atom is 0.264 e. The highest BCUT2D eigenvalue weighted by Gasteiger charge is 2.15. The van der Waals surface area contributed by atoms with E-state index in [1.807, 2.05) is 0 Å². The number of carbonyl (C=O) groups is 1. The van der Waals surface area contributed by atoms with Crippen LogP contribution >= 0.6 is 11.8 Å². The molecule has 0 radical (unpaired) electrons. The average Bonchev–Trinajstić information content (AvgIpc) is 3.15. The van der Waals surface area contributed by atoms with E-state index in [0.717, 1.165) is 17.3 Å². The fourth-order valence-corrected chi connectivity index (χ4v) is 3.45. The Bertz CT molecular complexity index is 1150. The SMILES string of the molecule is C/C(=N\Nc1nnc(SCC(=O)Nc2ccc3c(c2)OCCO3)n1N)c1ccc(F)cc1. The molecule has 2 aromatic carbocycles. The Balaban J connectivity index is 1.32. The van der Waals surface area contributed by atoms with Crippen LogP contribution in [0.15, 0.2) is 52.7 Å². The number of thioether (sulfide) groups is 1.